The van der Waals surface area contributed by atoms with E-state index in [-0.39, 0.29) is 34.4 Å². The van der Waals surface area contributed by atoms with Gasteiger partial charge in [-0.3, -0.25) is 4.79 Å². The van der Waals surface area contributed by atoms with E-state index in [1.54, 1.807) is 25.4 Å². The van der Waals surface area contributed by atoms with E-state index in [1.807, 2.05) is 18.2 Å². The van der Waals surface area contributed by atoms with E-state index in [0.29, 0.717) is 12.5 Å². The van der Waals surface area contributed by atoms with E-state index >= 15 is 0 Å². The molecule has 0 unspecified atom stereocenters. The van der Waals surface area contributed by atoms with Gasteiger partial charge in [-0.25, -0.2) is 0 Å². The Morgan fingerprint density at radius 1 is 1.23 bits per heavy atom. The number of nitrogens with one attached hydrogen (secondary N) is 3. The lowest BCUT2D eigenvalue weighted by atomic mass is 9.68. The number of carbonyl (C=O) groups is 1. The second kappa shape index (κ2) is 9.85. The van der Waals surface area contributed by atoms with Crippen molar-refractivity contribution in [1.82, 2.24) is 16.0 Å². The Hall–Kier alpha value is -3.73. The maximum Gasteiger partial charge on any atom is 0.257 e. The topological polar surface area (TPSA) is 136 Å². The molecule has 3 rings (SSSR count). The van der Waals surface area contributed by atoms with Crippen LogP contribution in [0.4, 0.5) is 5.69 Å². The Bertz CT molecular complexity index is 955. The number of aliphatic imine (C=N–C) groups is 1. The number of amides is 1. The molecule has 0 atom stereocenters. The average Bonchev–Trinajstić information content (AvgIpc) is 2.79. The molecular weight excluding hydrogens is 392 g/mol. The molecule has 1 aliphatic carbocycles. The molecule has 0 heterocycles. The van der Waals surface area contributed by atoms with Crippen LogP contribution in [0.2, 0.25) is 0 Å². The number of nitrogen functional groups attached to an aromatic ring is 1. The molecule has 162 valence electrons. The van der Waals surface area contributed by atoms with Crippen molar-refractivity contribution in [3.05, 3.63) is 59.7 Å². The lowest BCUT2D eigenvalue weighted by Crippen LogP contribution is -2.49. The number of benzene rings is 2. The van der Waals surface area contributed by atoms with E-state index in [2.05, 4.69) is 33.1 Å². The van der Waals surface area contributed by atoms with Crippen molar-refractivity contribution in [3.8, 4) is 11.9 Å². The Balaban J connectivity index is 1.75. The standard InChI is InChI=1S/C23H28N6O2/c1-26-22(28-15-24)29-17-10-12-23(13-11-17,16-6-3-2-4-7-16)14-27-21(31)20-18(25)8-5-9-19(20)30/h2-9,17,30H,10-14,25H2,1H3,(H,27,31)(H2,26,28,29)/t17-,23-. The zero-order chi connectivity index (χ0) is 22.3. The number of phenols is 1. The van der Waals surface area contributed by atoms with Gasteiger partial charge in [-0.2, -0.15) is 5.26 Å². The smallest absolute Gasteiger partial charge is 0.257 e. The van der Waals surface area contributed by atoms with Crippen LogP contribution in [-0.4, -0.2) is 36.6 Å². The van der Waals surface area contributed by atoms with E-state index in [1.165, 1.54) is 11.6 Å². The fourth-order valence-corrected chi connectivity index (χ4v) is 4.22. The molecule has 0 saturated heterocycles. The van der Waals surface area contributed by atoms with Gasteiger partial charge < -0.3 is 26.8 Å². The molecule has 1 saturated carbocycles. The van der Waals surface area contributed by atoms with Crippen LogP contribution >= 0.6 is 0 Å². The van der Waals surface area contributed by atoms with Crippen molar-refractivity contribution in [2.24, 2.45) is 4.99 Å². The summed E-state index contributed by atoms with van der Waals surface area (Å²) in [5.41, 5.74) is 7.19. The molecule has 2 aromatic rings. The molecule has 1 amide bonds. The second-order valence-electron chi connectivity index (χ2n) is 7.80. The fraction of sp³-hybridized carbons (Fsp3) is 0.348. The number of carbonyl (C=O) groups excluding carboxylic acids is 1. The summed E-state index contributed by atoms with van der Waals surface area (Å²) in [4.78, 5) is 16.6. The first-order valence-electron chi connectivity index (χ1n) is 10.3. The number of hydrogen-bond donors (Lipinski definition) is 5. The molecule has 8 nitrogen and oxygen atoms in total. The van der Waals surface area contributed by atoms with Crippen LogP contribution < -0.4 is 21.7 Å². The first kappa shape index (κ1) is 22.0. The largest absolute Gasteiger partial charge is 0.507 e. The Kier molecular flexibility index (Phi) is 6.98. The minimum atomic E-state index is -0.384. The number of guanidine groups is 1. The van der Waals surface area contributed by atoms with Gasteiger partial charge in [0, 0.05) is 30.7 Å². The van der Waals surface area contributed by atoms with Gasteiger partial charge in [0.25, 0.3) is 5.91 Å². The van der Waals surface area contributed by atoms with E-state index in [4.69, 9.17) is 11.0 Å². The number of rotatable bonds is 5. The van der Waals surface area contributed by atoms with Gasteiger partial charge in [0.2, 0.25) is 12.2 Å². The molecule has 2 aromatic carbocycles. The summed E-state index contributed by atoms with van der Waals surface area (Å²) in [6, 6.07) is 15.0. The number of hydrogen-bond acceptors (Lipinski definition) is 5. The quantitative estimate of drug-likeness (QED) is 0.218. The van der Waals surface area contributed by atoms with Gasteiger partial charge in [0.05, 0.1) is 0 Å². The SMILES string of the molecule is CN/C(=N\C#N)N[C@H]1CC[C@](CNC(=O)c2c(N)cccc2O)(c2ccccc2)CC1. The van der Waals surface area contributed by atoms with Crippen molar-refractivity contribution in [2.45, 2.75) is 37.1 Å². The molecule has 8 heteroatoms. The van der Waals surface area contributed by atoms with Gasteiger partial charge in [-0.05, 0) is 43.4 Å². The van der Waals surface area contributed by atoms with Crippen LogP contribution in [0.25, 0.3) is 0 Å². The molecule has 1 aliphatic rings. The molecule has 0 bridgehead atoms. The third kappa shape index (κ3) is 5.07. The monoisotopic (exact) mass is 420 g/mol. The third-order valence-corrected chi connectivity index (χ3v) is 5.96. The number of phenolic OH excluding ortho intramolecular Hbond substituents is 1. The lowest BCUT2D eigenvalue weighted by Gasteiger charge is -2.41. The van der Waals surface area contributed by atoms with Crippen LogP contribution in [0.15, 0.2) is 53.5 Å². The van der Waals surface area contributed by atoms with Crippen molar-refractivity contribution in [3.63, 3.8) is 0 Å². The Labute approximate surface area is 182 Å². The average molecular weight is 421 g/mol. The highest BCUT2D eigenvalue weighted by molar-refractivity contribution is 6.01. The number of nitriles is 1. The number of anilines is 1. The Morgan fingerprint density at radius 2 is 1.94 bits per heavy atom. The maximum absolute atomic E-state index is 12.8. The number of nitrogens with zero attached hydrogens (tertiary/aromatic N) is 2. The van der Waals surface area contributed by atoms with Gasteiger partial charge in [-0.1, -0.05) is 36.4 Å². The van der Waals surface area contributed by atoms with Crippen molar-refractivity contribution in [1.29, 1.82) is 5.26 Å². The third-order valence-electron chi connectivity index (χ3n) is 5.96. The Morgan fingerprint density at radius 3 is 2.55 bits per heavy atom. The summed E-state index contributed by atoms with van der Waals surface area (Å²) in [6.07, 6.45) is 5.19. The highest BCUT2D eigenvalue weighted by atomic mass is 16.3. The lowest BCUT2D eigenvalue weighted by molar-refractivity contribution is 0.0933. The van der Waals surface area contributed by atoms with Crippen LogP contribution in [0.3, 0.4) is 0 Å². The molecule has 1 fully saturated rings. The second-order valence-corrected chi connectivity index (χ2v) is 7.80. The first-order chi connectivity index (χ1) is 15.0. The summed E-state index contributed by atoms with van der Waals surface area (Å²) in [6.45, 7) is 0.432. The summed E-state index contributed by atoms with van der Waals surface area (Å²) in [5, 5.41) is 28.1. The van der Waals surface area contributed by atoms with Gasteiger partial charge >= 0.3 is 0 Å². The summed E-state index contributed by atoms with van der Waals surface area (Å²) in [7, 11) is 1.72. The van der Waals surface area contributed by atoms with Crippen LogP contribution in [0, 0.1) is 11.5 Å². The number of nitrogens with two attached hydrogens (primary N) is 1. The zero-order valence-electron chi connectivity index (χ0n) is 17.6. The minimum absolute atomic E-state index is 0.104. The van der Waals surface area contributed by atoms with E-state index in [9.17, 15) is 9.90 Å². The molecule has 31 heavy (non-hydrogen) atoms. The van der Waals surface area contributed by atoms with Gasteiger partial charge in [-0.15, -0.1) is 4.99 Å². The van der Waals surface area contributed by atoms with Crippen molar-refractivity contribution >= 4 is 17.6 Å². The molecule has 0 spiro atoms. The molecular formula is C23H28N6O2. The van der Waals surface area contributed by atoms with Crippen LogP contribution in [0.5, 0.6) is 5.75 Å². The van der Waals surface area contributed by atoms with Crippen LogP contribution in [0.1, 0.15) is 41.6 Å². The molecule has 0 radical (unpaired) electrons. The van der Waals surface area contributed by atoms with Crippen molar-refractivity contribution in [2.75, 3.05) is 19.3 Å². The normalized spacial score (nSPS) is 21.0. The summed E-state index contributed by atoms with van der Waals surface area (Å²) in [5.74, 6) is -0.0524. The molecule has 6 N–H and O–H groups in total. The van der Waals surface area contributed by atoms with E-state index < -0.39 is 0 Å². The van der Waals surface area contributed by atoms with E-state index in [0.717, 1.165) is 25.7 Å². The highest BCUT2D eigenvalue weighted by Gasteiger charge is 2.37. The zero-order valence-corrected chi connectivity index (χ0v) is 17.6. The van der Waals surface area contributed by atoms with Crippen molar-refractivity contribution < 1.29 is 9.90 Å². The summed E-state index contributed by atoms with van der Waals surface area (Å²) >= 11 is 0. The number of aromatic hydroxyl groups is 1. The fourth-order valence-electron chi connectivity index (χ4n) is 4.22. The van der Waals surface area contributed by atoms with Crippen LogP contribution in [-0.2, 0) is 5.41 Å². The first-order valence-corrected chi connectivity index (χ1v) is 10.3. The highest BCUT2D eigenvalue weighted by Crippen LogP contribution is 2.39. The molecule has 0 aliphatic heterocycles. The van der Waals surface area contributed by atoms with Gasteiger partial charge in [0.15, 0.2) is 0 Å². The summed E-state index contributed by atoms with van der Waals surface area (Å²) < 4.78 is 0. The van der Waals surface area contributed by atoms with Gasteiger partial charge in [0.1, 0.15) is 11.3 Å². The predicted molar refractivity (Wildman–Crippen MR) is 120 cm³/mol. The molecule has 0 aromatic heterocycles. The predicted octanol–water partition coefficient (Wildman–Crippen LogP) is 2.23. The maximum atomic E-state index is 12.8. The minimum Gasteiger partial charge on any atom is -0.507 e.